The summed E-state index contributed by atoms with van der Waals surface area (Å²) in [5.74, 6) is 0.758. The molecule has 0 saturated carbocycles. The minimum Gasteiger partial charge on any atom is -0.399 e. The number of nitrogen functional groups attached to an aromatic ring is 1. The van der Waals surface area contributed by atoms with Crippen LogP contribution in [0, 0.1) is 0 Å². The van der Waals surface area contributed by atoms with Gasteiger partial charge in [-0.15, -0.1) is 0 Å². The molecule has 27 heavy (non-hydrogen) atoms. The summed E-state index contributed by atoms with van der Waals surface area (Å²) in [6.07, 6.45) is 3.31. The van der Waals surface area contributed by atoms with Crippen LogP contribution in [0.2, 0.25) is 0 Å². The predicted octanol–water partition coefficient (Wildman–Crippen LogP) is 3.33. The summed E-state index contributed by atoms with van der Waals surface area (Å²) in [4.78, 5) is 10.4. The lowest BCUT2D eigenvalue weighted by Crippen LogP contribution is -2.16. The van der Waals surface area contributed by atoms with Gasteiger partial charge in [-0.3, -0.25) is 0 Å². The molecule has 0 spiro atoms. The van der Waals surface area contributed by atoms with Crippen LogP contribution < -0.4 is 16.5 Å². The predicted molar refractivity (Wildman–Crippen MR) is 108 cm³/mol. The molecule has 136 valence electrons. The first-order valence-electron chi connectivity index (χ1n) is 8.79. The zero-order chi connectivity index (χ0) is 18.6. The fourth-order valence-electron chi connectivity index (χ4n) is 2.97. The van der Waals surface area contributed by atoms with Crippen LogP contribution in [-0.4, -0.2) is 19.9 Å². The molecule has 0 radical (unpaired) electrons. The number of nitrogens with zero attached hydrogens (tertiary/aromatic N) is 4. The Bertz CT molecular complexity index is 1040. The molecule has 0 bridgehead atoms. The van der Waals surface area contributed by atoms with Crippen LogP contribution in [0.5, 0.6) is 0 Å². The van der Waals surface area contributed by atoms with E-state index in [9.17, 15) is 0 Å². The van der Waals surface area contributed by atoms with Crippen LogP contribution >= 0.6 is 0 Å². The van der Waals surface area contributed by atoms with Gasteiger partial charge in [0.05, 0.1) is 18.1 Å². The molecule has 7 nitrogen and oxygen atoms in total. The van der Waals surface area contributed by atoms with E-state index in [-0.39, 0.29) is 6.04 Å². The van der Waals surface area contributed by atoms with Gasteiger partial charge in [0.15, 0.2) is 5.65 Å². The summed E-state index contributed by atoms with van der Waals surface area (Å²) >= 11 is 0. The molecule has 2 aromatic carbocycles. The maximum absolute atomic E-state index is 5.83. The Hall–Kier alpha value is -3.61. The topological polar surface area (TPSA) is 93.7 Å². The minimum atomic E-state index is 0.118. The number of aromatic nitrogens is 4. The van der Waals surface area contributed by atoms with Gasteiger partial charge in [-0.05, 0) is 30.2 Å². The zero-order valence-corrected chi connectivity index (χ0v) is 15.0. The highest BCUT2D eigenvalue weighted by Gasteiger charge is 2.12. The fraction of sp³-hybridized carbons (Fsp3) is 0.150. The molecule has 1 atom stereocenters. The Labute approximate surface area is 157 Å². The van der Waals surface area contributed by atoms with Crippen molar-refractivity contribution < 1.29 is 0 Å². The van der Waals surface area contributed by atoms with Gasteiger partial charge in [-0.1, -0.05) is 42.5 Å². The van der Waals surface area contributed by atoms with Crippen LogP contribution in [0.25, 0.3) is 11.0 Å². The second-order valence-electron chi connectivity index (χ2n) is 6.37. The van der Waals surface area contributed by atoms with Gasteiger partial charge < -0.3 is 16.5 Å². The zero-order valence-electron chi connectivity index (χ0n) is 15.0. The van der Waals surface area contributed by atoms with Gasteiger partial charge in [0.1, 0.15) is 12.1 Å². The molecule has 0 aliphatic rings. The summed E-state index contributed by atoms with van der Waals surface area (Å²) in [6, 6.07) is 18.1. The first-order valence-corrected chi connectivity index (χ1v) is 8.79. The summed E-state index contributed by atoms with van der Waals surface area (Å²) in [7, 11) is 0. The van der Waals surface area contributed by atoms with Crippen molar-refractivity contribution in [1.82, 2.24) is 19.9 Å². The molecule has 4 N–H and O–H groups in total. The Morgan fingerprint density at radius 1 is 1.07 bits per heavy atom. The standard InChI is InChI=1S/C20H21N7/c1-14(16-7-3-2-4-8-16)26-19-18-12-25-27(20(18)23-13-22-19)24-11-15-6-5-9-17(21)10-15/h2-10,12-14,24H,11,21H2,1H3,(H,22,23,26)/t14-/m0/s1. The number of nitrogens with one attached hydrogen (secondary N) is 2. The van der Waals surface area contributed by atoms with Gasteiger partial charge in [0.25, 0.3) is 0 Å². The van der Waals surface area contributed by atoms with E-state index < -0.39 is 0 Å². The first-order chi connectivity index (χ1) is 13.2. The maximum Gasteiger partial charge on any atom is 0.185 e. The van der Waals surface area contributed by atoms with Gasteiger partial charge in [0, 0.05) is 11.7 Å². The van der Waals surface area contributed by atoms with Crippen molar-refractivity contribution in [3.8, 4) is 0 Å². The van der Waals surface area contributed by atoms with E-state index >= 15 is 0 Å². The van der Waals surface area contributed by atoms with Crippen LogP contribution in [0.3, 0.4) is 0 Å². The summed E-state index contributed by atoms with van der Waals surface area (Å²) < 4.78 is 0. The molecule has 0 aliphatic heterocycles. The highest BCUT2D eigenvalue weighted by molar-refractivity contribution is 5.86. The highest BCUT2D eigenvalue weighted by Crippen LogP contribution is 2.23. The van der Waals surface area contributed by atoms with E-state index in [0.29, 0.717) is 6.54 Å². The molecule has 7 heteroatoms. The molecule has 0 amide bonds. The number of rotatable bonds is 6. The lowest BCUT2D eigenvalue weighted by molar-refractivity contribution is 0.747. The smallest absolute Gasteiger partial charge is 0.185 e. The molecule has 0 fully saturated rings. The van der Waals surface area contributed by atoms with E-state index in [4.69, 9.17) is 5.73 Å². The number of hydrogen-bond donors (Lipinski definition) is 3. The van der Waals surface area contributed by atoms with Crippen LogP contribution in [-0.2, 0) is 6.54 Å². The van der Waals surface area contributed by atoms with Crippen molar-refractivity contribution >= 4 is 22.5 Å². The molecule has 2 heterocycles. The Morgan fingerprint density at radius 3 is 2.74 bits per heavy atom. The monoisotopic (exact) mass is 359 g/mol. The average molecular weight is 359 g/mol. The second kappa shape index (κ2) is 7.33. The van der Waals surface area contributed by atoms with E-state index in [0.717, 1.165) is 28.1 Å². The molecule has 4 aromatic rings. The first kappa shape index (κ1) is 16.8. The van der Waals surface area contributed by atoms with E-state index in [2.05, 4.69) is 44.9 Å². The van der Waals surface area contributed by atoms with Crippen molar-refractivity contribution in [1.29, 1.82) is 0 Å². The third-order valence-corrected chi connectivity index (χ3v) is 4.40. The quantitative estimate of drug-likeness (QED) is 0.457. The normalized spacial score (nSPS) is 12.0. The van der Waals surface area contributed by atoms with Crippen LogP contribution in [0.15, 0.2) is 67.1 Å². The number of benzene rings is 2. The fourth-order valence-corrected chi connectivity index (χ4v) is 2.97. The third-order valence-electron chi connectivity index (χ3n) is 4.40. The summed E-state index contributed by atoms with van der Waals surface area (Å²) in [5.41, 5.74) is 12.8. The molecular formula is C20H21N7. The Morgan fingerprint density at radius 2 is 1.93 bits per heavy atom. The highest BCUT2D eigenvalue weighted by atomic mass is 15.6. The Kier molecular flexibility index (Phi) is 4.57. The Balaban J connectivity index is 1.54. The van der Waals surface area contributed by atoms with Crippen molar-refractivity contribution in [3.05, 3.63) is 78.2 Å². The minimum absolute atomic E-state index is 0.118. The van der Waals surface area contributed by atoms with Crippen molar-refractivity contribution in [2.24, 2.45) is 0 Å². The van der Waals surface area contributed by atoms with Gasteiger partial charge in [0.2, 0.25) is 0 Å². The lowest BCUT2D eigenvalue weighted by atomic mass is 10.1. The maximum atomic E-state index is 5.83. The molecule has 0 aliphatic carbocycles. The second-order valence-corrected chi connectivity index (χ2v) is 6.37. The number of anilines is 2. The van der Waals surface area contributed by atoms with Crippen LogP contribution in [0.1, 0.15) is 24.1 Å². The van der Waals surface area contributed by atoms with Gasteiger partial charge >= 0.3 is 0 Å². The van der Waals surface area contributed by atoms with Crippen molar-refractivity contribution in [2.45, 2.75) is 19.5 Å². The number of hydrogen-bond acceptors (Lipinski definition) is 6. The van der Waals surface area contributed by atoms with Gasteiger partial charge in [-0.2, -0.15) is 9.89 Å². The van der Waals surface area contributed by atoms with E-state index in [1.165, 1.54) is 5.56 Å². The number of nitrogens with two attached hydrogens (primary N) is 1. The molecule has 4 rings (SSSR count). The largest absolute Gasteiger partial charge is 0.399 e. The van der Waals surface area contributed by atoms with E-state index in [1.807, 2.05) is 42.5 Å². The lowest BCUT2D eigenvalue weighted by Gasteiger charge is -2.15. The molecule has 2 aromatic heterocycles. The van der Waals surface area contributed by atoms with Gasteiger partial charge in [-0.25, -0.2) is 9.97 Å². The molecule has 0 saturated heterocycles. The summed E-state index contributed by atoms with van der Waals surface area (Å²) in [6.45, 7) is 2.70. The molecule has 0 unspecified atom stereocenters. The molecular weight excluding hydrogens is 338 g/mol. The van der Waals surface area contributed by atoms with Crippen molar-refractivity contribution in [2.75, 3.05) is 16.5 Å². The number of fused-ring (bicyclic) bond motifs is 1. The average Bonchev–Trinajstić information content (AvgIpc) is 3.11. The summed E-state index contributed by atoms with van der Waals surface area (Å²) in [5, 5.41) is 8.71. The van der Waals surface area contributed by atoms with Crippen molar-refractivity contribution in [3.63, 3.8) is 0 Å². The van der Waals surface area contributed by atoms with E-state index in [1.54, 1.807) is 17.3 Å². The third kappa shape index (κ3) is 3.67. The van der Waals surface area contributed by atoms with Crippen LogP contribution in [0.4, 0.5) is 11.5 Å². The SMILES string of the molecule is C[C@H](Nc1ncnc2c1cnn2NCc1cccc(N)c1)c1ccccc1.